The summed E-state index contributed by atoms with van der Waals surface area (Å²) in [5, 5.41) is 17.9. The number of carbonyl (C=O) groups excluding carboxylic acids is 2. The first-order valence-electron chi connectivity index (χ1n) is 8.72. The lowest BCUT2D eigenvalue weighted by molar-refractivity contribution is -0.385. The first kappa shape index (κ1) is 20.2. The number of hydrogen-bond donors (Lipinski definition) is 1. The maximum absolute atomic E-state index is 12.8. The molecule has 0 aliphatic heterocycles. The first-order chi connectivity index (χ1) is 13.9. The number of nitrogens with one attached hydrogen (secondary N) is 1. The van der Waals surface area contributed by atoms with Crippen LogP contribution in [0.25, 0.3) is 0 Å². The summed E-state index contributed by atoms with van der Waals surface area (Å²) >= 11 is 6.04. The van der Waals surface area contributed by atoms with Crippen molar-refractivity contribution >= 4 is 34.7 Å². The van der Waals surface area contributed by atoms with Gasteiger partial charge in [0.1, 0.15) is 11.9 Å². The molecule has 0 aliphatic rings. The number of hydrogen-bond acceptors (Lipinski definition) is 5. The van der Waals surface area contributed by atoms with Crippen LogP contribution in [0.15, 0.2) is 54.7 Å². The van der Waals surface area contributed by atoms with Crippen molar-refractivity contribution in [1.82, 2.24) is 9.78 Å². The number of amides is 1. The topological polar surface area (TPSA) is 107 Å². The molecule has 9 heteroatoms. The van der Waals surface area contributed by atoms with Crippen LogP contribution in [0, 0.1) is 17.0 Å². The number of rotatable bonds is 7. The lowest BCUT2D eigenvalue weighted by Gasteiger charge is -2.11. The van der Waals surface area contributed by atoms with Gasteiger partial charge in [-0.3, -0.25) is 24.4 Å². The number of nitrogens with zero attached hydrogens (tertiary/aromatic N) is 3. The normalized spacial score (nSPS) is 10.6. The average Bonchev–Trinajstić information content (AvgIpc) is 3.08. The van der Waals surface area contributed by atoms with Crippen molar-refractivity contribution in [2.75, 3.05) is 5.32 Å². The molecule has 1 aromatic heterocycles. The van der Waals surface area contributed by atoms with Crippen molar-refractivity contribution in [1.29, 1.82) is 0 Å². The minimum Gasteiger partial charge on any atom is -0.325 e. The van der Waals surface area contributed by atoms with Crippen LogP contribution in [-0.2, 0) is 11.3 Å². The lowest BCUT2D eigenvalue weighted by Crippen LogP contribution is -2.17. The molecule has 29 heavy (non-hydrogen) atoms. The van der Waals surface area contributed by atoms with Crippen LogP contribution in [0.4, 0.5) is 11.4 Å². The summed E-state index contributed by atoms with van der Waals surface area (Å²) in [5.74, 6) is -0.617. The maximum Gasteiger partial charge on any atom is 0.309 e. The molecular weight excluding hydrogens is 396 g/mol. The van der Waals surface area contributed by atoms with E-state index in [2.05, 4.69) is 10.4 Å². The van der Waals surface area contributed by atoms with Gasteiger partial charge in [-0.1, -0.05) is 41.9 Å². The molecule has 0 radical (unpaired) electrons. The van der Waals surface area contributed by atoms with Gasteiger partial charge >= 0.3 is 5.69 Å². The van der Waals surface area contributed by atoms with Crippen LogP contribution >= 0.6 is 11.6 Å². The monoisotopic (exact) mass is 412 g/mol. The fourth-order valence-electron chi connectivity index (χ4n) is 2.82. The summed E-state index contributed by atoms with van der Waals surface area (Å²) in [7, 11) is 0. The Morgan fingerprint density at radius 1 is 1.21 bits per heavy atom. The number of carbonyl (C=O) groups is 2. The van der Waals surface area contributed by atoms with Crippen LogP contribution in [0.5, 0.6) is 0 Å². The molecule has 0 spiro atoms. The molecule has 1 amide bonds. The lowest BCUT2D eigenvalue weighted by atomic mass is 10.0. The maximum atomic E-state index is 12.8. The van der Waals surface area contributed by atoms with Crippen molar-refractivity contribution < 1.29 is 14.5 Å². The average molecular weight is 413 g/mol. The fraction of sp³-hybridized carbons (Fsp3) is 0.150. The zero-order valence-electron chi connectivity index (χ0n) is 15.5. The first-order valence-corrected chi connectivity index (χ1v) is 9.10. The quantitative estimate of drug-likeness (QED) is 0.358. The van der Waals surface area contributed by atoms with Gasteiger partial charge in [0, 0.05) is 22.6 Å². The largest absolute Gasteiger partial charge is 0.325 e. The van der Waals surface area contributed by atoms with Gasteiger partial charge < -0.3 is 5.32 Å². The Morgan fingerprint density at radius 3 is 2.59 bits per heavy atom. The van der Waals surface area contributed by atoms with Crippen molar-refractivity contribution in [3.8, 4) is 0 Å². The van der Waals surface area contributed by atoms with E-state index in [9.17, 15) is 19.7 Å². The van der Waals surface area contributed by atoms with Gasteiger partial charge in [-0.2, -0.15) is 5.10 Å². The molecular formula is C20H17ClN4O4. The molecule has 3 aromatic rings. The Balaban J connectivity index is 1.74. The molecule has 0 saturated carbocycles. The number of halogens is 1. The van der Waals surface area contributed by atoms with Gasteiger partial charge in [-0.05, 0) is 25.1 Å². The molecule has 1 N–H and O–H groups in total. The highest BCUT2D eigenvalue weighted by molar-refractivity contribution is 6.31. The SMILES string of the molecule is Cc1c([N+](=O)[O-])cnn1CCC(=O)Nc1ccc(Cl)cc1C(=O)c1ccccc1. The summed E-state index contributed by atoms with van der Waals surface area (Å²) in [4.78, 5) is 35.6. The van der Waals surface area contributed by atoms with Gasteiger partial charge in [-0.15, -0.1) is 0 Å². The molecule has 1 heterocycles. The van der Waals surface area contributed by atoms with Crippen molar-refractivity contribution in [2.45, 2.75) is 19.9 Å². The van der Waals surface area contributed by atoms with E-state index < -0.39 is 4.92 Å². The third-order valence-electron chi connectivity index (χ3n) is 4.36. The molecule has 0 unspecified atom stereocenters. The van der Waals surface area contributed by atoms with E-state index in [0.717, 1.165) is 6.20 Å². The minimum absolute atomic E-state index is 0.0290. The molecule has 0 aliphatic carbocycles. The summed E-state index contributed by atoms with van der Waals surface area (Å²) in [6.07, 6.45) is 1.18. The summed E-state index contributed by atoms with van der Waals surface area (Å²) < 4.78 is 1.40. The van der Waals surface area contributed by atoms with Crippen LogP contribution in [0.1, 0.15) is 28.0 Å². The van der Waals surface area contributed by atoms with E-state index in [1.54, 1.807) is 49.4 Å². The predicted molar refractivity (Wildman–Crippen MR) is 108 cm³/mol. The van der Waals surface area contributed by atoms with E-state index >= 15 is 0 Å². The van der Waals surface area contributed by atoms with E-state index in [4.69, 9.17) is 11.6 Å². The molecule has 0 saturated heterocycles. The minimum atomic E-state index is -0.520. The zero-order valence-corrected chi connectivity index (χ0v) is 16.2. The van der Waals surface area contributed by atoms with Gasteiger partial charge in [-0.25, -0.2) is 0 Å². The Hall–Kier alpha value is -3.52. The molecule has 8 nitrogen and oxygen atoms in total. The van der Waals surface area contributed by atoms with Crippen molar-refractivity contribution in [2.24, 2.45) is 0 Å². The molecule has 0 atom stereocenters. The van der Waals surface area contributed by atoms with Gasteiger partial charge in [0.2, 0.25) is 5.91 Å². The van der Waals surface area contributed by atoms with Crippen molar-refractivity contribution in [3.05, 3.63) is 86.7 Å². The number of nitro groups is 1. The summed E-state index contributed by atoms with van der Waals surface area (Å²) in [5.41, 5.74) is 1.37. The molecule has 148 valence electrons. The van der Waals surface area contributed by atoms with E-state index in [0.29, 0.717) is 22.0 Å². The highest BCUT2D eigenvalue weighted by Crippen LogP contribution is 2.24. The van der Waals surface area contributed by atoms with Crippen LogP contribution in [0.2, 0.25) is 5.02 Å². The fourth-order valence-corrected chi connectivity index (χ4v) is 2.99. The smallest absolute Gasteiger partial charge is 0.309 e. The summed E-state index contributed by atoms with van der Waals surface area (Å²) in [6, 6.07) is 13.3. The van der Waals surface area contributed by atoms with Gasteiger partial charge in [0.15, 0.2) is 5.78 Å². The highest BCUT2D eigenvalue weighted by atomic mass is 35.5. The van der Waals surface area contributed by atoms with Crippen LogP contribution in [0.3, 0.4) is 0 Å². The van der Waals surface area contributed by atoms with Gasteiger partial charge in [0.05, 0.1) is 17.2 Å². The Bertz CT molecular complexity index is 1080. The van der Waals surface area contributed by atoms with Crippen LogP contribution < -0.4 is 5.32 Å². The number of ketones is 1. The second-order valence-electron chi connectivity index (χ2n) is 6.28. The molecule has 2 aromatic carbocycles. The molecule has 3 rings (SSSR count). The van der Waals surface area contributed by atoms with Crippen LogP contribution in [-0.4, -0.2) is 26.4 Å². The van der Waals surface area contributed by atoms with Crippen molar-refractivity contribution in [3.63, 3.8) is 0 Å². The summed E-state index contributed by atoms with van der Waals surface area (Å²) in [6.45, 7) is 1.74. The highest BCUT2D eigenvalue weighted by Gasteiger charge is 2.18. The van der Waals surface area contributed by atoms with E-state index in [-0.39, 0.29) is 35.9 Å². The molecule has 0 fully saturated rings. The third-order valence-corrected chi connectivity index (χ3v) is 4.60. The van der Waals surface area contributed by atoms with E-state index in [1.165, 1.54) is 10.7 Å². The Morgan fingerprint density at radius 2 is 1.93 bits per heavy atom. The van der Waals surface area contributed by atoms with Gasteiger partial charge in [0.25, 0.3) is 0 Å². The molecule has 0 bridgehead atoms. The Labute approximate surface area is 171 Å². The number of aromatic nitrogens is 2. The second-order valence-corrected chi connectivity index (χ2v) is 6.72. The third kappa shape index (κ3) is 4.67. The predicted octanol–water partition coefficient (Wildman–Crippen LogP) is 4.01. The number of aryl methyl sites for hydroxylation is 1. The number of benzene rings is 2. The Kier molecular flexibility index (Phi) is 6.04. The van der Waals surface area contributed by atoms with E-state index in [1.807, 2.05) is 0 Å². The second kappa shape index (κ2) is 8.66. The standard InChI is InChI=1S/C20H17ClN4O4/c1-13-18(25(28)29)12-22-24(13)10-9-19(26)23-17-8-7-15(21)11-16(17)20(27)14-5-3-2-4-6-14/h2-8,11-12H,9-10H2,1H3,(H,23,26). The zero-order chi connectivity index (χ0) is 21.0. The number of anilines is 1.